The molecule has 8 heteroatoms. The maximum atomic E-state index is 12.9. The first-order valence-electron chi connectivity index (χ1n) is 11.1. The Balaban J connectivity index is 1.78. The van der Waals surface area contributed by atoms with Gasteiger partial charge < -0.3 is 19.3 Å². The lowest BCUT2D eigenvalue weighted by molar-refractivity contribution is -0.141. The number of thiol groups is 1. The van der Waals surface area contributed by atoms with E-state index in [2.05, 4.69) is 17.9 Å². The minimum absolute atomic E-state index is 0.00594. The van der Waals surface area contributed by atoms with Crippen molar-refractivity contribution < 1.29 is 28.9 Å². The lowest BCUT2D eigenvalue weighted by Gasteiger charge is -2.25. The Kier molecular flexibility index (Phi) is 9.61. The average molecular weight is 484 g/mol. The molecule has 3 aromatic rings. The van der Waals surface area contributed by atoms with Crippen molar-refractivity contribution in [2.75, 3.05) is 30.9 Å². The smallest absolute Gasteiger partial charge is 0.412 e. The van der Waals surface area contributed by atoms with Crippen LogP contribution in [0.25, 0.3) is 10.8 Å². The number of hydrogen-bond acceptors (Lipinski definition) is 7. The first-order chi connectivity index (χ1) is 16.5. The van der Waals surface area contributed by atoms with Gasteiger partial charge in [0.15, 0.2) is 0 Å². The normalized spacial score (nSPS) is 12.6. The van der Waals surface area contributed by atoms with Crippen LogP contribution in [0.3, 0.4) is 0 Å². The molecule has 0 unspecified atom stereocenters. The van der Waals surface area contributed by atoms with Crippen molar-refractivity contribution in [1.82, 2.24) is 0 Å². The Bertz CT molecular complexity index is 1100. The van der Waals surface area contributed by atoms with Crippen LogP contribution in [0.5, 0.6) is 5.75 Å². The molecule has 2 atom stereocenters. The van der Waals surface area contributed by atoms with Crippen LogP contribution in [0.2, 0.25) is 0 Å². The summed E-state index contributed by atoms with van der Waals surface area (Å²) in [6.07, 6.45) is -0.738. The van der Waals surface area contributed by atoms with E-state index >= 15 is 0 Å². The second kappa shape index (κ2) is 12.9. The molecule has 3 aromatic carbocycles. The highest BCUT2D eigenvalue weighted by Gasteiger charge is 2.25. The molecule has 0 heterocycles. The SMILES string of the molecule is C[C@H](CCOC(=O)CS)[C@H](OC(=O)Nc1cccc2ccccc12)c1cccc(OCCO)c1. The highest BCUT2D eigenvalue weighted by atomic mass is 32.1. The first kappa shape index (κ1) is 25.4. The third-order valence-electron chi connectivity index (χ3n) is 5.29. The molecule has 0 radical (unpaired) electrons. The lowest BCUT2D eigenvalue weighted by atomic mass is 9.94. The standard InChI is InChI=1S/C26H29NO6S/c1-18(12-14-32-24(29)17-34)25(20-8-4-9-21(16-20)31-15-13-28)33-26(30)27-23-11-5-7-19-6-2-3-10-22(19)23/h2-11,16,18,25,28,34H,12-15,17H2,1H3,(H,27,30)/t18-,25+/m1/s1. The van der Waals surface area contributed by atoms with E-state index in [1.54, 1.807) is 18.2 Å². The van der Waals surface area contributed by atoms with Crippen LogP contribution < -0.4 is 10.1 Å². The van der Waals surface area contributed by atoms with Crippen molar-refractivity contribution in [2.24, 2.45) is 5.92 Å². The zero-order chi connectivity index (χ0) is 24.3. The number of rotatable bonds is 11. The molecular formula is C26H29NO6S. The van der Waals surface area contributed by atoms with Gasteiger partial charge in [0, 0.05) is 11.3 Å². The highest BCUT2D eigenvalue weighted by molar-refractivity contribution is 7.81. The number of fused-ring (bicyclic) bond motifs is 1. The van der Waals surface area contributed by atoms with Crippen LogP contribution in [0.15, 0.2) is 66.7 Å². The first-order valence-corrected chi connectivity index (χ1v) is 11.7. The Morgan fingerprint density at radius 3 is 2.59 bits per heavy atom. The molecule has 34 heavy (non-hydrogen) atoms. The number of carbonyl (C=O) groups excluding carboxylic acids is 2. The maximum Gasteiger partial charge on any atom is 0.412 e. The van der Waals surface area contributed by atoms with Gasteiger partial charge >= 0.3 is 12.1 Å². The van der Waals surface area contributed by atoms with Gasteiger partial charge in [-0.25, -0.2) is 4.79 Å². The van der Waals surface area contributed by atoms with Crippen molar-refractivity contribution in [2.45, 2.75) is 19.4 Å². The molecule has 2 N–H and O–H groups in total. The fourth-order valence-corrected chi connectivity index (χ4v) is 3.69. The summed E-state index contributed by atoms with van der Waals surface area (Å²) in [6, 6.07) is 20.6. The van der Waals surface area contributed by atoms with Crippen LogP contribution in [-0.2, 0) is 14.3 Å². The average Bonchev–Trinajstić information content (AvgIpc) is 2.86. The van der Waals surface area contributed by atoms with E-state index in [0.29, 0.717) is 17.9 Å². The number of benzene rings is 3. The van der Waals surface area contributed by atoms with Crippen LogP contribution in [0, 0.1) is 5.92 Å². The minimum Gasteiger partial charge on any atom is -0.491 e. The number of aliphatic hydroxyl groups is 1. The van der Waals surface area contributed by atoms with Crippen LogP contribution in [0.4, 0.5) is 10.5 Å². The lowest BCUT2D eigenvalue weighted by Crippen LogP contribution is -2.23. The molecule has 0 spiro atoms. The topological polar surface area (TPSA) is 94.1 Å². The number of hydrogen-bond donors (Lipinski definition) is 3. The van der Waals surface area contributed by atoms with Gasteiger partial charge in [-0.3, -0.25) is 10.1 Å². The molecule has 0 aromatic heterocycles. The summed E-state index contributed by atoms with van der Waals surface area (Å²) in [5.74, 6) is -0.00472. The maximum absolute atomic E-state index is 12.9. The zero-order valence-electron chi connectivity index (χ0n) is 19.0. The van der Waals surface area contributed by atoms with E-state index in [-0.39, 0.29) is 31.5 Å². The molecule has 0 aliphatic rings. The van der Waals surface area contributed by atoms with Gasteiger partial charge in [-0.1, -0.05) is 55.5 Å². The predicted molar refractivity (Wildman–Crippen MR) is 134 cm³/mol. The number of nitrogens with one attached hydrogen (secondary N) is 1. The molecule has 7 nitrogen and oxygen atoms in total. The van der Waals surface area contributed by atoms with E-state index < -0.39 is 18.2 Å². The number of anilines is 1. The number of esters is 1. The molecule has 180 valence electrons. The van der Waals surface area contributed by atoms with Gasteiger partial charge in [-0.15, -0.1) is 0 Å². The van der Waals surface area contributed by atoms with Crippen LogP contribution in [0.1, 0.15) is 25.0 Å². The summed E-state index contributed by atoms with van der Waals surface area (Å²) in [6.45, 7) is 2.16. The Labute approximate surface area is 204 Å². The molecule has 0 bridgehead atoms. The monoisotopic (exact) mass is 483 g/mol. The Morgan fingerprint density at radius 2 is 1.79 bits per heavy atom. The number of carbonyl (C=O) groups is 2. The van der Waals surface area contributed by atoms with E-state index in [4.69, 9.17) is 19.3 Å². The van der Waals surface area contributed by atoms with Gasteiger partial charge in [0.1, 0.15) is 18.5 Å². The minimum atomic E-state index is -0.623. The molecule has 1 amide bonds. The number of amides is 1. The van der Waals surface area contributed by atoms with E-state index in [9.17, 15) is 9.59 Å². The number of aliphatic hydroxyl groups excluding tert-OH is 1. The van der Waals surface area contributed by atoms with Crippen molar-refractivity contribution in [3.8, 4) is 5.75 Å². The molecule has 0 aliphatic heterocycles. The van der Waals surface area contributed by atoms with E-state index in [1.807, 2.05) is 55.5 Å². The Hall–Kier alpha value is -3.23. The highest BCUT2D eigenvalue weighted by Crippen LogP contribution is 2.32. The molecule has 0 aliphatic carbocycles. The second-order valence-corrected chi connectivity index (χ2v) is 8.08. The fraction of sp³-hybridized carbons (Fsp3) is 0.308. The van der Waals surface area contributed by atoms with Crippen molar-refractivity contribution in [1.29, 1.82) is 0 Å². The van der Waals surface area contributed by atoms with Crippen LogP contribution in [-0.4, -0.2) is 42.7 Å². The molecule has 0 saturated carbocycles. The summed E-state index contributed by atoms with van der Waals surface area (Å²) in [4.78, 5) is 24.4. The Morgan fingerprint density at radius 1 is 1.03 bits per heavy atom. The number of ether oxygens (including phenoxy) is 3. The van der Waals surface area contributed by atoms with Gasteiger partial charge in [-0.05, 0) is 35.6 Å². The molecule has 0 fully saturated rings. The van der Waals surface area contributed by atoms with Crippen LogP contribution >= 0.6 is 12.6 Å². The van der Waals surface area contributed by atoms with E-state index in [1.165, 1.54) is 0 Å². The quantitative estimate of drug-likeness (QED) is 0.263. The molecule has 3 rings (SSSR count). The predicted octanol–water partition coefficient (Wildman–Crippen LogP) is 5.00. The largest absolute Gasteiger partial charge is 0.491 e. The summed E-state index contributed by atoms with van der Waals surface area (Å²) in [5.41, 5.74) is 1.38. The zero-order valence-corrected chi connectivity index (χ0v) is 19.9. The summed E-state index contributed by atoms with van der Waals surface area (Å²) < 4.78 is 16.6. The van der Waals surface area contributed by atoms with Gasteiger partial charge in [0.25, 0.3) is 0 Å². The van der Waals surface area contributed by atoms with Gasteiger partial charge in [0.2, 0.25) is 0 Å². The summed E-state index contributed by atoms with van der Waals surface area (Å²) in [5, 5.41) is 13.8. The van der Waals surface area contributed by atoms with Crippen molar-refractivity contribution in [3.63, 3.8) is 0 Å². The third kappa shape index (κ3) is 7.13. The van der Waals surface area contributed by atoms with Gasteiger partial charge in [0.05, 0.1) is 24.7 Å². The fourth-order valence-electron chi connectivity index (χ4n) is 3.60. The summed E-state index contributed by atoms with van der Waals surface area (Å²) in [7, 11) is 0. The summed E-state index contributed by atoms with van der Waals surface area (Å²) >= 11 is 3.91. The van der Waals surface area contributed by atoms with Gasteiger partial charge in [-0.2, -0.15) is 12.6 Å². The van der Waals surface area contributed by atoms with Crippen molar-refractivity contribution in [3.05, 3.63) is 72.3 Å². The third-order valence-corrected chi connectivity index (χ3v) is 5.55. The molecule has 0 saturated heterocycles. The van der Waals surface area contributed by atoms with E-state index in [0.717, 1.165) is 16.3 Å². The second-order valence-electron chi connectivity index (χ2n) is 7.77. The molecular weight excluding hydrogens is 454 g/mol. The van der Waals surface area contributed by atoms with Crippen molar-refractivity contribution >= 4 is 41.2 Å².